The van der Waals surface area contributed by atoms with Crippen molar-refractivity contribution in [2.75, 3.05) is 34.4 Å². The molecule has 2 aromatic rings. The monoisotopic (exact) mass is 412 g/mol. The predicted molar refractivity (Wildman–Crippen MR) is 112 cm³/mol. The highest BCUT2D eigenvalue weighted by atomic mass is 16.5. The van der Waals surface area contributed by atoms with E-state index in [0.29, 0.717) is 5.57 Å². The number of ether oxygens (including phenoxy) is 4. The number of nitrogens with zero attached hydrogens (tertiary/aromatic N) is 1. The summed E-state index contributed by atoms with van der Waals surface area (Å²) < 4.78 is 21.9. The molecule has 160 valence electrons. The second kappa shape index (κ2) is 7.23. The van der Waals surface area contributed by atoms with Crippen LogP contribution in [0.3, 0.4) is 0 Å². The van der Waals surface area contributed by atoms with Crippen LogP contribution in [0.1, 0.15) is 30.6 Å². The van der Waals surface area contributed by atoms with E-state index in [1.165, 1.54) is 23.8 Å². The van der Waals surface area contributed by atoms with E-state index < -0.39 is 0 Å². The van der Waals surface area contributed by atoms with Gasteiger partial charge in [-0.2, -0.15) is 0 Å². The van der Waals surface area contributed by atoms with Crippen molar-refractivity contribution in [2.45, 2.75) is 31.9 Å². The highest BCUT2D eigenvalue weighted by molar-refractivity contribution is 5.89. The SMILES string of the molecule is COC(=O)C1=CO[C@@H](C)C2CN3CCc4c([nH]c5cc(OC)c(OC)cc45)C3CC12. The first-order valence-corrected chi connectivity index (χ1v) is 10.5. The molecule has 4 heterocycles. The number of H-pyrrole nitrogens is 1. The summed E-state index contributed by atoms with van der Waals surface area (Å²) in [5, 5.41) is 1.19. The van der Waals surface area contributed by atoms with Crippen LogP contribution >= 0.6 is 0 Å². The largest absolute Gasteiger partial charge is 0.497 e. The molecular weight excluding hydrogens is 384 g/mol. The van der Waals surface area contributed by atoms with E-state index in [1.807, 2.05) is 6.07 Å². The molecule has 1 saturated heterocycles. The number of aromatic nitrogens is 1. The number of rotatable bonds is 3. The lowest BCUT2D eigenvalue weighted by Crippen LogP contribution is -2.51. The third-order valence-electron chi connectivity index (χ3n) is 7.14. The first-order valence-electron chi connectivity index (χ1n) is 10.5. The molecule has 5 rings (SSSR count). The summed E-state index contributed by atoms with van der Waals surface area (Å²) in [6.07, 6.45) is 3.56. The van der Waals surface area contributed by atoms with Gasteiger partial charge in [0.2, 0.25) is 0 Å². The van der Waals surface area contributed by atoms with Gasteiger partial charge in [0.25, 0.3) is 0 Å². The standard InChI is InChI=1S/C23H28N2O5/c1-12-16-10-25-6-5-13-15-8-20(27-2)21(28-3)9-18(15)24-22(13)19(25)7-14(16)17(11-30-12)23(26)29-4/h8-9,11-12,14,16,19,24H,5-7,10H2,1-4H3/t12-,14?,16?,19?/m0/s1. The van der Waals surface area contributed by atoms with Crippen molar-refractivity contribution in [3.63, 3.8) is 0 Å². The summed E-state index contributed by atoms with van der Waals surface area (Å²) in [4.78, 5) is 18.6. The molecular formula is C23H28N2O5. The molecule has 3 aliphatic rings. The van der Waals surface area contributed by atoms with Gasteiger partial charge in [-0.1, -0.05) is 0 Å². The van der Waals surface area contributed by atoms with Gasteiger partial charge in [-0.25, -0.2) is 4.79 Å². The van der Waals surface area contributed by atoms with Gasteiger partial charge < -0.3 is 23.9 Å². The van der Waals surface area contributed by atoms with Crippen LogP contribution in [-0.4, -0.2) is 56.4 Å². The number of aromatic amines is 1. The van der Waals surface area contributed by atoms with Gasteiger partial charge in [0, 0.05) is 47.6 Å². The lowest BCUT2D eigenvalue weighted by atomic mass is 9.72. The number of piperidine rings is 1. The number of nitrogens with one attached hydrogen (secondary N) is 1. The molecule has 7 nitrogen and oxygen atoms in total. The molecule has 1 aromatic heterocycles. The van der Waals surface area contributed by atoms with E-state index >= 15 is 0 Å². The van der Waals surface area contributed by atoms with E-state index in [4.69, 9.17) is 18.9 Å². The van der Waals surface area contributed by atoms with Gasteiger partial charge in [-0.3, -0.25) is 4.90 Å². The quantitative estimate of drug-likeness (QED) is 0.781. The van der Waals surface area contributed by atoms with Crippen LogP contribution in [0.25, 0.3) is 10.9 Å². The van der Waals surface area contributed by atoms with E-state index in [9.17, 15) is 4.79 Å². The van der Waals surface area contributed by atoms with Gasteiger partial charge in [0.15, 0.2) is 11.5 Å². The third-order valence-corrected chi connectivity index (χ3v) is 7.14. The Morgan fingerprint density at radius 1 is 1.20 bits per heavy atom. The van der Waals surface area contributed by atoms with Crippen LogP contribution in [0, 0.1) is 11.8 Å². The fourth-order valence-corrected chi connectivity index (χ4v) is 5.56. The fourth-order valence-electron chi connectivity index (χ4n) is 5.56. The highest BCUT2D eigenvalue weighted by Crippen LogP contribution is 2.48. The number of esters is 1. The van der Waals surface area contributed by atoms with E-state index in [2.05, 4.69) is 22.9 Å². The number of methoxy groups -OCH3 is 3. The van der Waals surface area contributed by atoms with Crippen molar-refractivity contribution in [2.24, 2.45) is 11.8 Å². The van der Waals surface area contributed by atoms with Crippen molar-refractivity contribution < 1.29 is 23.7 Å². The molecule has 0 aliphatic carbocycles. The van der Waals surface area contributed by atoms with Crippen LogP contribution in [0.2, 0.25) is 0 Å². The minimum Gasteiger partial charge on any atom is -0.497 e. The molecule has 30 heavy (non-hydrogen) atoms. The van der Waals surface area contributed by atoms with Crippen molar-refractivity contribution in [3.05, 3.63) is 35.2 Å². The molecule has 0 bridgehead atoms. The Kier molecular flexibility index (Phi) is 4.65. The van der Waals surface area contributed by atoms with Crippen molar-refractivity contribution in [3.8, 4) is 11.5 Å². The lowest BCUT2D eigenvalue weighted by Gasteiger charge is -2.49. The maximum absolute atomic E-state index is 12.4. The maximum atomic E-state index is 12.4. The number of hydrogen-bond donors (Lipinski definition) is 1. The van der Waals surface area contributed by atoms with Crippen LogP contribution in [0.4, 0.5) is 0 Å². The summed E-state index contributed by atoms with van der Waals surface area (Å²) in [5.41, 5.74) is 4.31. The summed E-state index contributed by atoms with van der Waals surface area (Å²) in [5.74, 6) is 1.59. The molecule has 0 spiro atoms. The topological polar surface area (TPSA) is 73.0 Å². The molecule has 0 saturated carbocycles. The van der Waals surface area contributed by atoms with Crippen LogP contribution in [0.15, 0.2) is 24.0 Å². The van der Waals surface area contributed by atoms with Crippen LogP contribution in [0.5, 0.6) is 11.5 Å². The number of fused-ring (bicyclic) bond motifs is 6. The Bertz CT molecular complexity index is 1030. The second-order valence-electron chi connectivity index (χ2n) is 8.44. The van der Waals surface area contributed by atoms with Crippen molar-refractivity contribution in [1.29, 1.82) is 0 Å². The number of carbonyl (C=O) groups excluding carboxylic acids is 1. The summed E-state index contributed by atoms with van der Waals surface area (Å²) in [7, 11) is 4.75. The molecule has 7 heteroatoms. The van der Waals surface area contributed by atoms with Gasteiger partial charge in [-0.05, 0) is 31.4 Å². The van der Waals surface area contributed by atoms with Gasteiger partial charge in [0.1, 0.15) is 0 Å². The Morgan fingerprint density at radius 3 is 2.70 bits per heavy atom. The molecule has 0 radical (unpaired) electrons. The number of benzene rings is 1. The normalized spacial score (nSPS) is 27.9. The highest BCUT2D eigenvalue weighted by Gasteiger charge is 2.47. The second-order valence-corrected chi connectivity index (χ2v) is 8.44. The third kappa shape index (κ3) is 2.79. The number of carbonyl (C=O) groups is 1. The minimum absolute atomic E-state index is 0.0852. The average Bonchev–Trinajstić information content (AvgIpc) is 3.14. The average molecular weight is 412 g/mol. The van der Waals surface area contributed by atoms with Crippen LogP contribution in [-0.2, 0) is 20.7 Å². The van der Waals surface area contributed by atoms with E-state index in [1.54, 1.807) is 20.5 Å². The fraction of sp³-hybridized carbons (Fsp3) is 0.522. The van der Waals surface area contributed by atoms with Gasteiger partial charge >= 0.3 is 5.97 Å². The van der Waals surface area contributed by atoms with Crippen molar-refractivity contribution >= 4 is 16.9 Å². The Labute approximate surface area is 175 Å². The molecule has 4 atom stereocenters. The van der Waals surface area contributed by atoms with Gasteiger partial charge in [-0.15, -0.1) is 0 Å². The van der Waals surface area contributed by atoms with Gasteiger partial charge in [0.05, 0.1) is 45.3 Å². The van der Waals surface area contributed by atoms with E-state index in [-0.39, 0.29) is 30.0 Å². The van der Waals surface area contributed by atoms with Crippen LogP contribution < -0.4 is 9.47 Å². The summed E-state index contributed by atoms with van der Waals surface area (Å²) in [6, 6.07) is 4.32. The Morgan fingerprint density at radius 2 is 1.97 bits per heavy atom. The first kappa shape index (κ1) is 19.3. The lowest BCUT2D eigenvalue weighted by molar-refractivity contribution is -0.139. The predicted octanol–water partition coefficient (Wildman–Crippen LogP) is 3.20. The molecule has 1 fully saturated rings. The zero-order valence-electron chi connectivity index (χ0n) is 17.9. The summed E-state index contributed by atoms with van der Waals surface area (Å²) in [6.45, 7) is 4.00. The zero-order chi connectivity index (χ0) is 21.0. The summed E-state index contributed by atoms with van der Waals surface area (Å²) >= 11 is 0. The molecule has 3 aliphatic heterocycles. The Balaban J connectivity index is 1.56. The molecule has 3 unspecified atom stereocenters. The molecule has 1 N–H and O–H groups in total. The number of hydrogen-bond acceptors (Lipinski definition) is 6. The maximum Gasteiger partial charge on any atom is 0.337 e. The Hall–Kier alpha value is -2.67. The minimum atomic E-state index is -0.285. The molecule has 0 amide bonds. The first-order chi connectivity index (χ1) is 14.5. The van der Waals surface area contributed by atoms with Crippen molar-refractivity contribution in [1.82, 2.24) is 9.88 Å². The van der Waals surface area contributed by atoms with E-state index in [0.717, 1.165) is 42.9 Å². The molecule has 1 aromatic carbocycles. The zero-order valence-corrected chi connectivity index (χ0v) is 17.9. The smallest absolute Gasteiger partial charge is 0.337 e.